The fraction of sp³-hybridized carbons (Fsp3) is 0.226. The lowest BCUT2D eigenvalue weighted by Crippen LogP contribution is -2.39. The van der Waals surface area contributed by atoms with E-state index in [1.165, 1.54) is 0 Å². The standard InChI is InChI=1S/C31H26Cl2N2O/c1-19-7-13-24(14-8-19)35-26-16-31(2,3)17-27(36)29(26)28(21-5-4-6-23(33)15-21)25(18-34)30(35)20-9-11-22(32)12-10-20/h4-15,28H,16-17H2,1-3H3. The Kier molecular flexibility index (Phi) is 6.29. The van der Waals surface area contributed by atoms with E-state index < -0.39 is 5.92 Å². The molecule has 0 saturated heterocycles. The molecular weight excluding hydrogens is 487 g/mol. The molecule has 3 aromatic carbocycles. The van der Waals surface area contributed by atoms with Crippen LogP contribution in [0.3, 0.4) is 0 Å². The van der Waals surface area contributed by atoms with Gasteiger partial charge in [-0.15, -0.1) is 0 Å². The number of Topliss-reactive ketones (excluding diaryl/α,β-unsaturated/α-hetero) is 1. The van der Waals surface area contributed by atoms with Gasteiger partial charge in [-0.3, -0.25) is 4.79 Å². The average Bonchev–Trinajstić information content (AvgIpc) is 2.83. The van der Waals surface area contributed by atoms with E-state index in [2.05, 4.69) is 49.1 Å². The predicted molar refractivity (Wildman–Crippen MR) is 147 cm³/mol. The van der Waals surface area contributed by atoms with Gasteiger partial charge in [0.2, 0.25) is 0 Å². The van der Waals surface area contributed by atoms with Crippen LogP contribution in [0.5, 0.6) is 0 Å². The minimum Gasteiger partial charge on any atom is -0.312 e. The van der Waals surface area contributed by atoms with E-state index in [0.717, 1.165) is 33.8 Å². The topological polar surface area (TPSA) is 44.1 Å². The molecule has 5 heteroatoms. The number of anilines is 1. The van der Waals surface area contributed by atoms with Crippen molar-refractivity contribution in [2.75, 3.05) is 4.90 Å². The lowest BCUT2D eigenvalue weighted by atomic mass is 9.67. The number of ketones is 1. The van der Waals surface area contributed by atoms with E-state index in [4.69, 9.17) is 23.2 Å². The maximum atomic E-state index is 13.8. The van der Waals surface area contributed by atoms with Crippen molar-refractivity contribution in [1.29, 1.82) is 5.26 Å². The van der Waals surface area contributed by atoms with Crippen LogP contribution in [0.1, 0.15) is 49.3 Å². The quantitative estimate of drug-likeness (QED) is 0.353. The zero-order chi connectivity index (χ0) is 25.6. The van der Waals surface area contributed by atoms with Crippen LogP contribution >= 0.6 is 23.2 Å². The lowest BCUT2D eigenvalue weighted by Gasteiger charge is -2.45. The zero-order valence-electron chi connectivity index (χ0n) is 20.5. The van der Waals surface area contributed by atoms with E-state index in [0.29, 0.717) is 34.0 Å². The van der Waals surface area contributed by atoms with Crippen LogP contribution in [-0.4, -0.2) is 5.78 Å². The smallest absolute Gasteiger partial charge is 0.162 e. The summed E-state index contributed by atoms with van der Waals surface area (Å²) in [6, 6.07) is 25.8. The number of nitrogens with zero attached hydrogens (tertiary/aromatic N) is 2. The van der Waals surface area contributed by atoms with Crippen molar-refractivity contribution >= 4 is 40.4 Å². The Morgan fingerprint density at radius 3 is 2.28 bits per heavy atom. The monoisotopic (exact) mass is 512 g/mol. The molecule has 0 aromatic heterocycles. The number of hydrogen-bond acceptors (Lipinski definition) is 3. The summed E-state index contributed by atoms with van der Waals surface area (Å²) in [4.78, 5) is 15.9. The van der Waals surface area contributed by atoms with E-state index >= 15 is 0 Å². The molecule has 0 spiro atoms. The molecule has 180 valence electrons. The van der Waals surface area contributed by atoms with Gasteiger partial charge in [0.1, 0.15) is 0 Å². The van der Waals surface area contributed by atoms with Crippen molar-refractivity contribution < 1.29 is 4.79 Å². The van der Waals surface area contributed by atoms with Crippen molar-refractivity contribution in [3.05, 3.63) is 116 Å². The Balaban J connectivity index is 1.88. The highest BCUT2D eigenvalue weighted by Crippen LogP contribution is 2.53. The second-order valence-electron chi connectivity index (χ2n) is 10.3. The molecular formula is C31H26Cl2N2O. The number of carbonyl (C=O) groups is 1. The molecule has 1 heterocycles. The second-order valence-corrected chi connectivity index (χ2v) is 11.2. The summed E-state index contributed by atoms with van der Waals surface area (Å²) in [5.41, 5.74) is 6.47. The minimum atomic E-state index is -0.500. The molecule has 0 saturated carbocycles. The van der Waals surface area contributed by atoms with Gasteiger partial charge in [-0.2, -0.15) is 5.26 Å². The van der Waals surface area contributed by atoms with Gasteiger partial charge in [-0.25, -0.2) is 0 Å². The summed E-state index contributed by atoms with van der Waals surface area (Å²) < 4.78 is 0. The molecule has 0 fully saturated rings. The highest BCUT2D eigenvalue weighted by molar-refractivity contribution is 6.31. The lowest BCUT2D eigenvalue weighted by molar-refractivity contribution is -0.118. The number of nitriles is 1. The zero-order valence-corrected chi connectivity index (χ0v) is 22.0. The highest BCUT2D eigenvalue weighted by atomic mass is 35.5. The van der Waals surface area contributed by atoms with Gasteiger partial charge in [0.05, 0.1) is 23.3 Å². The molecule has 5 rings (SSSR count). The first-order valence-corrected chi connectivity index (χ1v) is 12.7. The number of allylic oxidation sites excluding steroid dienone is 3. The molecule has 1 aliphatic heterocycles. The molecule has 0 amide bonds. The van der Waals surface area contributed by atoms with Crippen molar-refractivity contribution in [3.63, 3.8) is 0 Å². The van der Waals surface area contributed by atoms with Gasteiger partial charge >= 0.3 is 0 Å². The number of carbonyl (C=O) groups excluding carboxylic acids is 1. The van der Waals surface area contributed by atoms with Crippen LogP contribution in [0.25, 0.3) is 5.70 Å². The Labute approximate surface area is 222 Å². The average molecular weight is 513 g/mol. The van der Waals surface area contributed by atoms with Gasteiger partial charge in [0.15, 0.2) is 5.78 Å². The van der Waals surface area contributed by atoms with Crippen LogP contribution < -0.4 is 4.90 Å². The van der Waals surface area contributed by atoms with Crippen molar-refractivity contribution in [3.8, 4) is 6.07 Å². The first-order chi connectivity index (χ1) is 17.2. The molecule has 0 N–H and O–H groups in total. The predicted octanol–water partition coefficient (Wildman–Crippen LogP) is 8.48. The molecule has 1 unspecified atom stereocenters. The van der Waals surface area contributed by atoms with Crippen molar-refractivity contribution in [2.24, 2.45) is 5.41 Å². The van der Waals surface area contributed by atoms with Gasteiger partial charge in [0.25, 0.3) is 0 Å². The number of hydrogen-bond donors (Lipinski definition) is 0. The SMILES string of the molecule is Cc1ccc(N2C3=C(C(=O)CC(C)(C)C3)C(c3cccc(Cl)c3)C(C#N)=C2c2ccc(Cl)cc2)cc1. The van der Waals surface area contributed by atoms with Crippen LogP contribution in [0.15, 0.2) is 89.6 Å². The molecule has 3 aromatic rings. The molecule has 36 heavy (non-hydrogen) atoms. The fourth-order valence-electron chi connectivity index (χ4n) is 5.37. The van der Waals surface area contributed by atoms with Crippen LogP contribution in [0, 0.1) is 23.7 Å². The first kappa shape index (κ1) is 24.4. The van der Waals surface area contributed by atoms with E-state index in [9.17, 15) is 10.1 Å². The molecule has 1 aliphatic carbocycles. The summed E-state index contributed by atoms with van der Waals surface area (Å²) in [5.74, 6) is -0.425. The van der Waals surface area contributed by atoms with Gasteiger partial charge in [0, 0.05) is 33.4 Å². The third-order valence-electron chi connectivity index (χ3n) is 6.93. The van der Waals surface area contributed by atoms with Gasteiger partial charge in [-0.05, 0) is 66.3 Å². The fourth-order valence-corrected chi connectivity index (χ4v) is 5.70. The molecule has 3 nitrogen and oxygen atoms in total. The number of halogens is 2. The molecule has 2 aliphatic rings. The third-order valence-corrected chi connectivity index (χ3v) is 7.42. The van der Waals surface area contributed by atoms with E-state index in [1.54, 1.807) is 0 Å². The maximum absolute atomic E-state index is 13.8. The molecule has 1 atom stereocenters. The Hall–Kier alpha value is -3.32. The van der Waals surface area contributed by atoms with Crippen molar-refractivity contribution in [1.82, 2.24) is 0 Å². The van der Waals surface area contributed by atoms with Crippen LogP contribution in [0.2, 0.25) is 10.0 Å². The summed E-state index contributed by atoms with van der Waals surface area (Å²) in [5, 5.41) is 11.8. The first-order valence-electron chi connectivity index (χ1n) is 12.0. The van der Waals surface area contributed by atoms with Crippen LogP contribution in [-0.2, 0) is 4.79 Å². The second kappa shape index (κ2) is 9.28. The Bertz CT molecular complexity index is 1460. The maximum Gasteiger partial charge on any atom is 0.162 e. The van der Waals surface area contributed by atoms with Gasteiger partial charge < -0.3 is 4.90 Å². The van der Waals surface area contributed by atoms with E-state index in [1.807, 2.05) is 55.5 Å². The van der Waals surface area contributed by atoms with Gasteiger partial charge in [-0.1, -0.05) is 79.0 Å². The Morgan fingerprint density at radius 1 is 0.944 bits per heavy atom. The number of aryl methyl sites for hydroxylation is 1. The summed E-state index contributed by atoms with van der Waals surface area (Å²) in [7, 11) is 0. The summed E-state index contributed by atoms with van der Waals surface area (Å²) >= 11 is 12.6. The third kappa shape index (κ3) is 4.37. The normalized spacial score (nSPS) is 19.3. The largest absolute Gasteiger partial charge is 0.312 e. The minimum absolute atomic E-state index is 0.0752. The highest BCUT2D eigenvalue weighted by Gasteiger charge is 2.45. The number of rotatable bonds is 3. The Morgan fingerprint density at radius 2 is 1.64 bits per heavy atom. The summed E-state index contributed by atoms with van der Waals surface area (Å²) in [6.07, 6.45) is 1.13. The molecule has 0 bridgehead atoms. The molecule has 0 radical (unpaired) electrons. The van der Waals surface area contributed by atoms with Crippen molar-refractivity contribution in [2.45, 2.75) is 39.5 Å². The van der Waals surface area contributed by atoms with E-state index in [-0.39, 0.29) is 11.2 Å². The van der Waals surface area contributed by atoms with Crippen LogP contribution in [0.4, 0.5) is 5.69 Å². The summed E-state index contributed by atoms with van der Waals surface area (Å²) in [6.45, 7) is 6.30. The number of benzene rings is 3.